The quantitative estimate of drug-likeness (QED) is 0.104. The number of amides is 1. The van der Waals surface area contributed by atoms with Crippen molar-refractivity contribution in [3.8, 4) is 0 Å². The van der Waals surface area contributed by atoms with Crippen LogP contribution in [0.25, 0.3) is 10.9 Å². The van der Waals surface area contributed by atoms with E-state index in [1.165, 1.54) is 64.2 Å². The molecule has 0 saturated heterocycles. The molecule has 0 fully saturated rings. The number of H-pyrrole nitrogens is 1. The first kappa shape index (κ1) is 40.8. The Morgan fingerprint density at radius 2 is 1.30 bits per heavy atom. The van der Waals surface area contributed by atoms with Crippen LogP contribution < -0.4 is 40.3 Å². The summed E-state index contributed by atoms with van der Waals surface area (Å²) in [6, 6.07) is 15.0. The van der Waals surface area contributed by atoms with Crippen LogP contribution in [0.15, 0.2) is 53.3 Å². The van der Waals surface area contributed by atoms with Crippen LogP contribution in [0.2, 0.25) is 0 Å². The van der Waals surface area contributed by atoms with Crippen LogP contribution in [0.5, 0.6) is 0 Å². The van der Waals surface area contributed by atoms with Gasteiger partial charge in [-0.15, -0.1) is 0 Å². The number of ketones is 1. The number of carbonyl (C=O) groups excluding carboxylic acids is 2. The van der Waals surface area contributed by atoms with Gasteiger partial charge in [-0.05, 0) is 50.5 Å². The van der Waals surface area contributed by atoms with Gasteiger partial charge < -0.3 is 15.8 Å². The fraction of sp³-hybridized carbons (Fsp3) is 0.528. The number of para-hydroxylation sites is 2. The molecular weight excluding hydrogens is 547 g/mol. The number of pyridine rings is 1. The Morgan fingerprint density at radius 3 is 1.95 bits per heavy atom. The number of fused-ring (bicyclic) bond motifs is 1. The Bertz CT molecular complexity index is 1270. The largest absolute Gasteiger partial charge is 1.00 e. The van der Waals surface area contributed by atoms with Gasteiger partial charge in [-0.2, -0.15) is 0 Å². The van der Waals surface area contributed by atoms with E-state index in [0.29, 0.717) is 24.1 Å². The summed E-state index contributed by atoms with van der Waals surface area (Å²) in [6.45, 7) is 8.21. The smallest absolute Gasteiger partial charge is 0.870 e. The topological polar surface area (TPSA) is 109 Å². The maximum Gasteiger partial charge on any atom is 1.00 e. The van der Waals surface area contributed by atoms with Crippen molar-refractivity contribution in [3.05, 3.63) is 75.6 Å². The molecule has 1 aromatic heterocycles. The minimum Gasteiger partial charge on any atom is -0.870 e. The summed E-state index contributed by atoms with van der Waals surface area (Å²) in [7, 11) is 0. The summed E-state index contributed by atoms with van der Waals surface area (Å²) in [4.78, 5) is 39.5. The maximum absolute atomic E-state index is 12.3. The van der Waals surface area contributed by atoms with E-state index in [1.807, 2.05) is 50.2 Å². The van der Waals surface area contributed by atoms with Crippen molar-refractivity contribution < 1.29 is 44.6 Å². The molecular formula is C36H53N2NaO4. The van der Waals surface area contributed by atoms with Gasteiger partial charge in [0.15, 0.2) is 11.2 Å². The number of Topliss-reactive ketones (excluding diaryl/α,β-unsaturated/α-hetero) is 1. The van der Waals surface area contributed by atoms with Gasteiger partial charge in [-0.25, -0.2) is 0 Å². The molecule has 6 nitrogen and oxygen atoms in total. The van der Waals surface area contributed by atoms with Crippen LogP contribution in [0, 0.1) is 6.92 Å². The van der Waals surface area contributed by atoms with Crippen molar-refractivity contribution in [2.24, 2.45) is 0 Å². The molecule has 43 heavy (non-hydrogen) atoms. The molecule has 0 spiro atoms. The minimum absolute atomic E-state index is 0. The SMILES string of the molecule is CCCCCCCCC(=O)Nc1ccccc1C(=O)CC.CCCCCCCCc1[nH]c2ccccc2c(=O)c1C.[Na+].[OH-]. The van der Waals surface area contributed by atoms with E-state index in [4.69, 9.17) is 0 Å². The van der Waals surface area contributed by atoms with Gasteiger partial charge in [0.05, 0.1) is 5.69 Å². The standard InChI is InChI=1S/C18H27NO2.C18H25NO.Na.H2O/c1-3-5-6-7-8-9-14-18(21)19-16-13-11-10-12-15(16)17(20)4-2;1-3-4-5-6-7-8-12-16-14(2)18(20)15-11-9-10-13-17(15)19-16;;/h10-13H,3-9,14H2,1-2H3,(H,19,21);9-11,13H,3-8,12H2,1-2H3,(H,19,20);;1H2/q;;+1;/p-1. The third-order valence-corrected chi connectivity index (χ3v) is 7.61. The van der Waals surface area contributed by atoms with E-state index in [-0.39, 0.29) is 52.2 Å². The van der Waals surface area contributed by atoms with Gasteiger partial charge in [-0.3, -0.25) is 14.4 Å². The molecule has 0 aliphatic heterocycles. The molecule has 0 saturated carbocycles. The van der Waals surface area contributed by atoms with Gasteiger partial charge in [0.2, 0.25) is 5.91 Å². The molecule has 0 unspecified atom stereocenters. The average Bonchev–Trinajstić information content (AvgIpc) is 2.99. The molecule has 1 heterocycles. The Labute approximate surface area is 281 Å². The molecule has 7 heteroatoms. The molecule has 3 rings (SSSR count). The zero-order valence-corrected chi connectivity index (χ0v) is 29.4. The van der Waals surface area contributed by atoms with Crippen molar-refractivity contribution in [1.29, 1.82) is 0 Å². The first-order chi connectivity index (χ1) is 19.9. The second-order valence-corrected chi connectivity index (χ2v) is 11.0. The van der Waals surface area contributed by atoms with E-state index in [1.54, 1.807) is 12.1 Å². The maximum atomic E-state index is 12.3. The van der Waals surface area contributed by atoms with Crippen LogP contribution >= 0.6 is 0 Å². The number of aryl methyl sites for hydroxylation is 1. The van der Waals surface area contributed by atoms with Crippen molar-refractivity contribution in [1.82, 2.24) is 4.98 Å². The molecule has 0 aliphatic rings. The van der Waals surface area contributed by atoms with Crippen LogP contribution in [-0.4, -0.2) is 22.2 Å². The van der Waals surface area contributed by atoms with Crippen molar-refractivity contribution in [2.45, 2.75) is 124 Å². The number of aromatic amines is 1. The first-order valence-electron chi connectivity index (χ1n) is 15.9. The summed E-state index contributed by atoms with van der Waals surface area (Å²) >= 11 is 0. The van der Waals surface area contributed by atoms with Crippen molar-refractivity contribution >= 4 is 28.3 Å². The Morgan fingerprint density at radius 1 is 0.744 bits per heavy atom. The zero-order valence-electron chi connectivity index (χ0n) is 27.4. The molecule has 3 N–H and O–H groups in total. The van der Waals surface area contributed by atoms with Gasteiger partial charge in [-0.1, -0.05) is 109 Å². The fourth-order valence-corrected chi connectivity index (χ4v) is 5.02. The Balaban J connectivity index is 0.000000784. The van der Waals surface area contributed by atoms with Gasteiger partial charge in [0.1, 0.15) is 0 Å². The number of anilines is 1. The predicted octanol–water partition coefficient (Wildman–Crippen LogP) is 6.54. The fourth-order valence-electron chi connectivity index (χ4n) is 5.02. The average molecular weight is 601 g/mol. The molecule has 232 valence electrons. The molecule has 2 aromatic carbocycles. The van der Waals surface area contributed by atoms with E-state index in [2.05, 4.69) is 24.1 Å². The molecule has 0 atom stereocenters. The monoisotopic (exact) mass is 600 g/mol. The number of rotatable bonds is 17. The molecule has 0 aliphatic carbocycles. The molecule has 3 aromatic rings. The zero-order chi connectivity index (χ0) is 29.9. The van der Waals surface area contributed by atoms with E-state index in [0.717, 1.165) is 41.4 Å². The third kappa shape index (κ3) is 14.9. The third-order valence-electron chi connectivity index (χ3n) is 7.61. The summed E-state index contributed by atoms with van der Waals surface area (Å²) in [5.74, 6) is 0.0623. The number of aromatic nitrogens is 1. The number of carbonyl (C=O) groups is 2. The van der Waals surface area contributed by atoms with E-state index in [9.17, 15) is 14.4 Å². The number of benzene rings is 2. The Hall–Kier alpha value is -2.25. The summed E-state index contributed by atoms with van der Waals surface area (Å²) < 4.78 is 0. The molecule has 1 amide bonds. The second-order valence-electron chi connectivity index (χ2n) is 11.0. The number of nitrogens with one attached hydrogen (secondary N) is 2. The van der Waals surface area contributed by atoms with Gasteiger partial charge in [0, 0.05) is 40.6 Å². The van der Waals surface area contributed by atoms with E-state index >= 15 is 0 Å². The first-order valence-corrected chi connectivity index (χ1v) is 15.9. The van der Waals surface area contributed by atoms with Crippen LogP contribution in [-0.2, 0) is 11.2 Å². The number of unbranched alkanes of at least 4 members (excludes halogenated alkanes) is 10. The van der Waals surface area contributed by atoms with Crippen molar-refractivity contribution in [3.63, 3.8) is 0 Å². The normalized spacial score (nSPS) is 10.2. The molecule has 0 radical (unpaired) electrons. The van der Waals surface area contributed by atoms with Crippen molar-refractivity contribution in [2.75, 3.05) is 5.32 Å². The minimum atomic E-state index is 0. The van der Waals surface area contributed by atoms with Crippen LogP contribution in [0.3, 0.4) is 0 Å². The second kappa shape index (κ2) is 24.1. The van der Waals surface area contributed by atoms with E-state index < -0.39 is 0 Å². The number of hydrogen-bond acceptors (Lipinski definition) is 4. The van der Waals surface area contributed by atoms with Gasteiger partial charge >= 0.3 is 29.6 Å². The Kier molecular flexibility index (Phi) is 22.9. The van der Waals surface area contributed by atoms with Crippen LogP contribution in [0.1, 0.15) is 132 Å². The predicted molar refractivity (Wildman–Crippen MR) is 176 cm³/mol. The molecule has 0 bridgehead atoms. The summed E-state index contributed by atoms with van der Waals surface area (Å²) in [5.41, 5.74) is 4.39. The van der Waals surface area contributed by atoms with Gasteiger partial charge in [0.25, 0.3) is 0 Å². The van der Waals surface area contributed by atoms with Crippen LogP contribution in [0.4, 0.5) is 5.69 Å². The number of hydrogen-bond donors (Lipinski definition) is 2. The summed E-state index contributed by atoms with van der Waals surface area (Å²) in [5, 5.41) is 3.67. The summed E-state index contributed by atoms with van der Waals surface area (Å²) in [6.07, 6.45) is 16.6.